The summed E-state index contributed by atoms with van der Waals surface area (Å²) in [5, 5.41) is 0.854. The normalized spacial score (nSPS) is 14.4. The molecule has 1 aliphatic rings. The molecule has 0 bridgehead atoms. The zero-order valence-corrected chi connectivity index (χ0v) is 20.0. The first-order valence-corrected chi connectivity index (χ1v) is 12.3. The topological polar surface area (TPSA) is 68.7 Å². The molecule has 31 heavy (non-hydrogen) atoms. The van der Waals surface area contributed by atoms with Crippen molar-refractivity contribution in [2.24, 2.45) is 0 Å². The molecule has 0 N–H and O–H groups in total. The number of hydrogen-bond acceptors (Lipinski definition) is 6. The van der Waals surface area contributed by atoms with Gasteiger partial charge in [0.2, 0.25) is 10.0 Å². The van der Waals surface area contributed by atoms with Crippen LogP contribution in [0.4, 0.5) is 0 Å². The van der Waals surface area contributed by atoms with E-state index < -0.39 is 10.0 Å². The van der Waals surface area contributed by atoms with E-state index >= 15 is 0 Å². The van der Waals surface area contributed by atoms with E-state index in [1.54, 1.807) is 24.6 Å². The third-order valence-electron chi connectivity index (χ3n) is 5.74. The third-order valence-corrected chi connectivity index (χ3v) is 8.85. The Balaban J connectivity index is 1.65. The van der Waals surface area contributed by atoms with Gasteiger partial charge in [-0.15, -0.1) is 11.3 Å². The Morgan fingerprint density at radius 3 is 2.39 bits per heavy atom. The fourth-order valence-corrected chi connectivity index (χ4v) is 6.72. The first-order chi connectivity index (χ1) is 14.7. The lowest BCUT2D eigenvalue weighted by atomic mass is 10.1. The second-order valence-electron chi connectivity index (χ2n) is 7.75. The Labute approximate surface area is 187 Å². The van der Waals surface area contributed by atoms with Crippen LogP contribution in [0.3, 0.4) is 0 Å². The number of nitrogens with zero attached hydrogens (tertiary/aromatic N) is 2. The van der Waals surface area contributed by atoms with Gasteiger partial charge in [-0.05, 0) is 61.7 Å². The van der Waals surface area contributed by atoms with E-state index in [4.69, 9.17) is 14.5 Å². The number of ether oxygens (including phenoxy) is 2. The summed E-state index contributed by atoms with van der Waals surface area (Å²) in [6.45, 7) is 6.57. The lowest BCUT2D eigenvalue weighted by Crippen LogP contribution is -2.35. The molecule has 2 aromatic carbocycles. The molecule has 6 nitrogen and oxygen atoms in total. The average Bonchev–Trinajstić information content (AvgIpc) is 3.19. The molecule has 0 unspecified atom stereocenters. The molecule has 0 saturated carbocycles. The van der Waals surface area contributed by atoms with E-state index in [1.165, 1.54) is 11.3 Å². The van der Waals surface area contributed by atoms with Crippen LogP contribution >= 0.6 is 11.3 Å². The van der Waals surface area contributed by atoms with E-state index in [9.17, 15) is 8.42 Å². The van der Waals surface area contributed by atoms with E-state index in [1.807, 2.05) is 45.0 Å². The van der Waals surface area contributed by atoms with Crippen LogP contribution < -0.4 is 9.47 Å². The second-order valence-corrected chi connectivity index (χ2v) is 10.7. The van der Waals surface area contributed by atoms with Gasteiger partial charge in [0.1, 0.15) is 5.01 Å². The quantitative estimate of drug-likeness (QED) is 0.563. The first-order valence-electron chi connectivity index (χ1n) is 10.0. The van der Waals surface area contributed by atoms with Gasteiger partial charge in [-0.1, -0.05) is 6.07 Å². The van der Waals surface area contributed by atoms with Gasteiger partial charge in [0.15, 0.2) is 11.5 Å². The second kappa shape index (κ2) is 8.26. The Bertz CT molecular complexity index is 1250. The fraction of sp³-hybridized carbons (Fsp3) is 0.348. The number of sulfonamides is 1. The van der Waals surface area contributed by atoms with E-state index in [2.05, 4.69) is 0 Å². The molecule has 4 rings (SSSR count). The Kier molecular flexibility index (Phi) is 5.81. The minimum Gasteiger partial charge on any atom is -0.493 e. The highest BCUT2D eigenvalue weighted by Crippen LogP contribution is 2.37. The van der Waals surface area contributed by atoms with Gasteiger partial charge < -0.3 is 9.47 Å². The summed E-state index contributed by atoms with van der Waals surface area (Å²) in [4.78, 5) is 6.16. The Morgan fingerprint density at radius 2 is 1.68 bits per heavy atom. The number of fused-ring (bicyclic) bond motifs is 1. The van der Waals surface area contributed by atoms with Crippen molar-refractivity contribution in [2.75, 3.05) is 20.8 Å². The van der Waals surface area contributed by atoms with Crippen molar-refractivity contribution < 1.29 is 17.9 Å². The van der Waals surface area contributed by atoms with Crippen LogP contribution in [0, 0.1) is 20.8 Å². The highest BCUT2D eigenvalue weighted by Gasteiger charge is 2.31. The van der Waals surface area contributed by atoms with Gasteiger partial charge in [0.25, 0.3) is 0 Å². The predicted octanol–water partition coefficient (Wildman–Crippen LogP) is 4.50. The van der Waals surface area contributed by atoms with Crippen LogP contribution in [0.2, 0.25) is 0 Å². The van der Waals surface area contributed by atoms with Crippen molar-refractivity contribution in [1.82, 2.24) is 9.29 Å². The summed E-state index contributed by atoms with van der Waals surface area (Å²) in [6, 6.07) is 9.43. The molecule has 164 valence electrons. The number of methoxy groups -OCH3 is 2. The molecule has 8 heteroatoms. The van der Waals surface area contributed by atoms with Gasteiger partial charge in [0, 0.05) is 23.4 Å². The molecule has 0 aliphatic carbocycles. The summed E-state index contributed by atoms with van der Waals surface area (Å²) >= 11 is 1.53. The molecule has 0 saturated heterocycles. The molecule has 0 atom stereocenters. The minimum absolute atomic E-state index is 0.342. The number of aromatic nitrogens is 1. The molecule has 2 heterocycles. The zero-order chi connectivity index (χ0) is 22.3. The summed E-state index contributed by atoms with van der Waals surface area (Å²) in [5.41, 5.74) is 4.76. The number of aryl methyl sites for hydroxylation is 3. The van der Waals surface area contributed by atoms with Gasteiger partial charge >= 0.3 is 0 Å². The van der Waals surface area contributed by atoms with Crippen LogP contribution in [0.25, 0.3) is 10.6 Å². The van der Waals surface area contributed by atoms with Crippen molar-refractivity contribution in [3.63, 3.8) is 0 Å². The largest absolute Gasteiger partial charge is 0.493 e. The lowest BCUT2D eigenvalue weighted by molar-refractivity contribution is 0.355. The summed E-state index contributed by atoms with van der Waals surface area (Å²) in [6.07, 6.45) is 0.599. The summed E-state index contributed by atoms with van der Waals surface area (Å²) in [5.74, 6) is 1.30. The molecule has 3 aromatic rings. The minimum atomic E-state index is -3.57. The third kappa shape index (κ3) is 3.95. The number of benzene rings is 2. The van der Waals surface area contributed by atoms with Crippen molar-refractivity contribution in [3.8, 4) is 22.1 Å². The number of rotatable bonds is 5. The van der Waals surface area contributed by atoms with Crippen LogP contribution in [0.5, 0.6) is 11.5 Å². The van der Waals surface area contributed by atoms with Gasteiger partial charge in [-0.2, -0.15) is 4.31 Å². The van der Waals surface area contributed by atoms with Gasteiger partial charge in [-0.25, -0.2) is 13.4 Å². The lowest BCUT2D eigenvalue weighted by Gasteiger charge is -2.26. The number of thiazole rings is 1. The van der Waals surface area contributed by atoms with Crippen LogP contribution in [0.1, 0.15) is 27.3 Å². The van der Waals surface area contributed by atoms with Crippen LogP contribution in [0.15, 0.2) is 35.2 Å². The highest BCUT2D eigenvalue weighted by molar-refractivity contribution is 7.89. The first kappa shape index (κ1) is 21.8. The average molecular weight is 459 g/mol. The fourth-order valence-electron chi connectivity index (χ4n) is 3.82. The molecule has 0 radical (unpaired) electrons. The summed E-state index contributed by atoms with van der Waals surface area (Å²) < 4.78 is 39.1. The standard InChI is InChI=1S/C23H26N2O4S2/c1-14-10-16(3)22(11-15(14)2)31(26,27)25-9-8-18-21(13-25)30-23(24-18)17-6-7-19(28-4)20(12-17)29-5/h6-7,10-12H,8-9,13H2,1-5H3. The van der Waals surface area contributed by atoms with E-state index in [-0.39, 0.29) is 0 Å². The number of hydrogen-bond donors (Lipinski definition) is 0. The monoisotopic (exact) mass is 458 g/mol. The smallest absolute Gasteiger partial charge is 0.243 e. The molecule has 1 aliphatic heterocycles. The van der Waals surface area contributed by atoms with Crippen molar-refractivity contribution in [1.29, 1.82) is 0 Å². The zero-order valence-electron chi connectivity index (χ0n) is 18.4. The maximum atomic E-state index is 13.4. The molecule has 0 fully saturated rings. The van der Waals surface area contributed by atoms with E-state index in [0.717, 1.165) is 37.8 Å². The van der Waals surface area contributed by atoms with Crippen molar-refractivity contribution >= 4 is 21.4 Å². The molecular formula is C23H26N2O4S2. The molecular weight excluding hydrogens is 432 g/mol. The highest BCUT2D eigenvalue weighted by atomic mass is 32.2. The van der Waals surface area contributed by atoms with Crippen molar-refractivity contribution in [2.45, 2.75) is 38.6 Å². The SMILES string of the molecule is COc1ccc(-c2nc3c(s2)CN(S(=O)(=O)c2cc(C)c(C)cc2C)CC3)cc1OC. The van der Waals surface area contributed by atoms with Crippen LogP contribution in [-0.4, -0.2) is 38.5 Å². The van der Waals surface area contributed by atoms with Crippen molar-refractivity contribution in [3.05, 3.63) is 57.6 Å². The Hall–Kier alpha value is -2.42. The maximum Gasteiger partial charge on any atom is 0.243 e. The van der Waals surface area contributed by atoms with Crippen LogP contribution in [-0.2, 0) is 23.0 Å². The maximum absolute atomic E-state index is 13.4. The van der Waals surface area contributed by atoms with Gasteiger partial charge in [0.05, 0.1) is 31.4 Å². The summed E-state index contributed by atoms with van der Waals surface area (Å²) in [7, 11) is -0.368. The van der Waals surface area contributed by atoms with Gasteiger partial charge in [-0.3, -0.25) is 0 Å². The Morgan fingerprint density at radius 1 is 0.968 bits per heavy atom. The predicted molar refractivity (Wildman–Crippen MR) is 123 cm³/mol. The molecule has 0 amide bonds. The molecule has 0 spiro atoms. The molecule has 1 aromatic heterocycles. The van der Waals surface area contributed by atoms with E-state index in [0.29, 0.717) is 35.9 Å².